The van der Waals surface area contributed by atoms with Gasteiger partial charge >= 0.3 is 6.36 Å². The largest absolute Gasteiger partial charge is 0.573 e. The summed E-state index contributed by atoms with van der Waals surface area (Å²) in [6.07, 6.45) is -1.09. The Bertz CT molecular complexity index is 1160. The first kappa shape index (κ1) is 24.8. The monoisotopic (exact) mass is 477 g/mol. The van der Waals surface area contributed by atoms with E-state index in [9.17, 15) is 22.4 Å². The highest BCUT2D eigenvalue weighted by molar-refractivity contribution is 6.01. The minimum Gasteiger partial charge on any atom is -0.406 e. The van der Waals surface area contributed by atoms with Crippen molar-refractivity contribution in [2.24, 2.45) is 5.16 Å². The Morgan fingerprint density at radius 2 is 1.85 bits per heavy atom. The van der Waals surface area contributed by atoms with Gasteiger partial charge in [-0.15, -0.1) is 13.2 Å². The average Bonchev–Trinajstić information content (AvgIpc) is 3.18. The number of amides is 1. The second kappa shape index (κ2) is 10.9. The lowest BCUT2D eigenvalue weighted by atomic mass is 10.0. The summed E-state index contributed by atoms with van der Waals surface area (Å²) in [4.78, 5) is 17.6. The molecule has 0 atom stereocenters. The van der Waals surface area contributed by atoms with Gasteiger partial charge in [0.15, 0.2) is 0 Å². The van der Waals surface area contributed by atoms with E-state index in [1.54, 1.807) is 42.1 Å². The number of ether oxygens (including phenoxy) is 1. The SMILES string of the molecule is CCO/N=C(\Cn1cc(Cc2ccc(F)cc2)c(C(=O)NC)c1)c1cccc(OC(F)(F)F)c1. The Labute approximate surface area is 193 Å². The van der Waals surface area contributed by atoms with Crippen molar-refractivity contribution in [3.8, 4) is 5.75 Å². The van der Waals surface area contributed by atoms with Crippen LogP contribution in [-0.4, -0.2) is 36.2 Å². The summed E-state index contributed by atoms with van der Waals surface area (Å²) < 4.78 is 56.9. The lowest BCUT2D eigenvalue weighted by molar-refractivity contribution is -0.274. The molecule has 0 bridgehead atoms. The Morgan fingerprint density at radius 3 is 2.50 bits per heavy atom. The van der Waals surface area contributed by atoms with Gasteiger partial charge in [0.05, 0.1) is 12.1 Å². The molecule has 2 aromatic carbocycles. The first-order valence-corrected chi connectivity index (χ1v) is 10.4. The molecule has 0 fully saturated rings. The van der Waals surface area contributed by atoms with Crippen molar-refractivity contribution in [1.82, 2.24) is 9.88 Å². The molecule has 0 spiro atoms. The Balaban J connectivity index is 1.92. The number of nitrogens with one attached hydrogen (secondary N) is 1. The molecule has 34 heavy (non-hydrogen) atoms. The normalized spacial score (nSPS) is 11.9. The fourth-order valence-corrected chi connectivity index (χ4v) is 3.31. The molecular formula is C24H23F4N3O3. The Morgan fingerprint density at radius 1 is 1.12 bits per heavy atom. The van der Waals surface area contributed by atoms with Gasteiger partial charge < -0.3 is 19.5 Å². The van der Waals surface area contributed by atoms with Crippen molar-refractivity contribution in [2.75, 3.05) is 13.7 Å². The summed E-state index contributed by atoms with van der Waals surface area (Å²) in [6, 6.07) is 11.4. The Kier molecular flexibility index (Phi) is 7.93. The molecule has 10 heteroatoms. The van der Waals surface area contributed by atoms with Gasteiger partial charge in [0.2, 0.25) is 0 Å². The number of carbonyl (C=O) groups excluding carboxylic acids is 1. The smallest absolute Gasteiger partial charge is 0.406 e. The number of rotatable bonds is 9. The number of oxime groups is 1. The molecule has 6 nitrogen and oxygen atoms in total. The van der Waals surface area contributed by atoms with E-state index in [0.717, 1.165) is 5.56 Å². The third-order valence-electron chi connectivity index (χ3n) is 4.78. The molecule has 1 aromatic heterocycles. The molecular weight excluding hydrogens is 454 g/mol. The molecule has 3 rings (SSSR count). The predicted molar refractivity (Wildman–Crippen MR) is 118 cm³/mol. The zero-order valence-electron chi connectivity index (χ0n) is 18.5. The molecule has 0 radical (unpaired) electrons. The number of halogens is 4. The van der Waals surface area contributed by atoms with Gasteiger partial charge in [0, 0.05) is 25.0 Å². The van der Waals surface area contributed by atoms with Crippen LogP contribution in [0.25, 0.3) is 0 Å². The molecule has 0 aliphatic rings. The van der Waals surface area contributed by atoms with Crippen molar-refractivity contribution in [3.63, 3.8) is 0 Å². The molecule has 0 saturated carbocycles. The van der Waals surface area contributed by atoms with E-state index in [2.05, 4.69) is 15.2 Å². The number of carbonyl (C=O) groups is 1. The molecule has 1 amide bonds. The fraction of sp³-hybridized carbons (Fsp3) is 0.250. The van der Waals surface area contributed by atoms with Crippen LogP contribution in [0.2, 0.25) is 0 Å². The molecule has 180 valence electrons. The summed E-state index contributed by atoms with van der Waals surface area (Å²) in [5.41, 5.74) is 2.61. The highest BCUT2D eigenvalue weighted by atomic mass is 19.4. The van der Waals surface area contributed by atoms with Crippen LogP contribution >= 0.6 is 0 Å². The third-order valence-corrected chi connectivity index (χ3v) is 4.78. The number of nitrogens with zero attached hydrogens (tertiary/aromatic N) is 2. The molecule has 0 unspecified atom stereocenters. The molecule has 1 N–H and O–H groups in total. The van der Waals surface area contributed by atoms with Gasteiger partial charge in [-0.2, -0.15) is 0 Å². The van der Waals surface area contributed by atoms with E-state index in [4.69, 9.17) is 4.84 Å². The second-order valence-corrected chi connectivity index (χ2v) is 7.28. The van der Waals surface area contributed by atoms with Crippen molar-refractivity contribution in [1.29, 1.82) is 0 Å². The number of hydrogen-bond donors (Lipinski definition) is 1. The first-order chi connectivity index (χ1) is 16.2. The molecule has 3 aromatic rings. The Hall–Kier alpha value is -3.82. The van der Waals surface area contributed by atoms with Crippen molar-refractivity contribution >= 4 is 11.6 Å². The quantitative estimate of drug-likeness (QED) is 0.270. The van der Waals surface area contributed by atoms with Crippen LogP contribution in [0.5, 0.6) is 5.75 Å². The summed E-state index contributed by atoms with van der Waals surface area (Å²) >= 11 is 0. The standard InChI is InChI=1S/C24H23F4N3O3/c1-3-33-30-22(17-5-4-6-20(12-17)34-24(26,27)28)15-31-13-18(21(14-31)23(32)29-2)11-16-7-9-19(25)10-8-16/h4-10,12-14H,3,11,15H2,1-2H3,(H,29,32)/b30-22+. The van der Waals surface area contributed by atoms with Gasteiger partial charge in [0.25, 0.3) is 5.91 Å². The number of benzene rings is 2. The second-order valence-electron chi connectivity index (χ2n) is 7.28. The highest BCUT2D eigenvalue weighted by Crippen LogP contribution is 2.24. The van der Waals surface area contributed by atoms with Crippen LogP contribution in [0.4, 0.5) is 17.6 Å². The highest BCUT2D eigenvalue weighted by Gasteiger charge is 2.31. The minimum absolute atomic E-state index is 0.114. The maximum atomic E-state index is 13.3. The van der Waals surface area contributed by atoms with E-state index in [1.165, 1.54) is 37.4 Å². The lowest BCUT2D eigenvalue weighted by Gasteiger charge is -2.12. The van der Waals surface area contributed by atoms with E-state index >= 15 is 0 Å². The van der Waals surface area contributed by atoms with Crippen LogP contribution in [0.3, 0.4) is 0 Å². The maximum Gasteiger partial charge on any atom is 0.573 e. The van der Waals surface area contributed by atoms with E-state index < -0.39 is 6.36 Å². The summed E-state index contributed by atoms with van der Waals surface area (Å²) in [7, 11) is 1.51. The van der Waals surface area contributed by atoms with Crippen LogP contribution in [0, 0.1) is 5.82 Å². The van der Waals surface area contributed by atoms with Gasteiger partial charge in [0.1, 0.15) is 23.9 Å². The van der Waals surface area contributed by atoms with Crippen LogP contribution in [0.1, 0.15) is 34.0 Å². The zero-order valence-corrected chi connectivity index (χ0v) is 18.5. The van der Waals surface area contributed by atoms with Crippen molar-refractivity contribution < 1.29 is 31.9 Å². The van der Waals surface area contributed by atoms with E-state index in [1.807, 2.05) is 0 Å². The first-order valence-electron chi connectivity index (χ1n) is 10.4. The third kappa shape index (κ3) is 6.84. The van der Waals surface area contributed by atoms with Gasteiger partial charge in [-0.25, -0.2) is 4.39 Å². The number of alkyl halides is 3. The predicted octanol–water partition coefficient (Wildman–Crippen LogP) is 4.92. The molecule has 0 aliphatic heterocycles. The fourth-order valence-electron chi connectivity index (χ4n) is 3.31. The minimum atomic E-state index is -4.83. The van der Waals surface area contributed by atoms with Gasteiger partial charge in [-0.05, 0) is 48.7 Å². The van der Waals surface area contributed by atoms with Crippen LogP contribution in [-0.2, 0) is 17.8 Å². The van der Waals surface area contributed by atoms with Crippen molar-refractivity contribution in [2.45, 2.75) is 26.3 Å². The van der Waals surface area contributed by atoms with Crippen molar-refractivity contribution in [3.05, 3.63) is 89.0 Å². The summed E-state index contributed by atoms with van der Waals surface area (Å²) in [5.74, 6) is -1.05. The molecule has 1 heterocycles. The molecule has 0 saturated heterocycles. The number of aromatic nitrogens is 1. The maximum absolute atomic E-state index is 13.3. The van der Waals surface area contributed by atoms with E-state index in [-0.39, 0.29) is 30.6 Å². The average molecular weight is 477 g/mol. The zero-order chi connectivity index (χ0) is 24.7. The van der Waals surface area contributed by atoms with E-state index in [0.29, 0.717) is 28.8 Å². The lowest BCUT2D eigenvalue weighted by Crippen LogP contribution is -2.19. The van der Waals surface area contributed by atoms with Crippen LogP contribution in [0.15, 0.2) is 66.1 Å². The summed E-state index contributed by atoms with van der Waals surface area (Å²) in [5, 5.41) is 6.65. The van der Waals surface area contributed by atoms with Gasteiger partial charge in [-0.1, -0.05) is 29.4 Å². The van der Waals surface area contributed by atoms with Gasteiger partial charge in [-0.3, -0.25) is 4.79 Å². The van der Waals surface area contributed by atoms with Crippen LogP contribution < -0.4 is 10.1 Å². The summed E-state index contributed by atoms with van der Waals surface area (Å²) in [6.45, 7) is 2.10. The molecule has 0 aliphatic carbocycles. The number of hydrogen-bond acceptors (Lipinski definition) is 4. The topological polar surface area (TPSA) is 64.9 Å².